The number of nitrogens with one attached hydrogen (secondary N) is 1. The van der Waals surface area contributed by atoms with Crippen molar-refractivity contribution in [2.24, 2.45) is 0 Å². The van der Waals surface area contributed by atoms with Gasteiger partial charge >= 0.3 is 0 Å². The minimum Gasteiger partial charge on any atom is -0.459 e. The van der Waals surface area contributed by atoms with Crippen molar-refractivity contribution in [1.82, 2.24) is 10.3 Å². The summed E-state index contributed by atoms with van der Waals surface area (Å²) >= 11 is 0. The molecule has 0 spiro atoms. The number of para-hydroxylation sites is 1. The minimum absolute atomic E-state index is 0.188. The molecule has 0 aliphatic heterocycles. The van der Waals surface area contributed by atoms with Crippen LogP contribution in [0.2, 0.25) is 0 Å². The van der Waals surface area contributed by atoms with Gasteiger partial charge in [-0.15, -0.1) is 0 Å². The van der Waals surface area contributed by atoms with Crippen LogP contribution in [0.25, 0.3) is 11.0 Å². The first-order valence-corrected chi connectivity index (χ1v) is 8.47. The first-order valence-electron chi connectivity index (χ1n) is 8.47. The maximum absolute atomic E-state index is 12.7. The van der Waals surface area contributed by atoms with E-state index in [0.29, 0.717) is 11.3 Å². The van der Waals surface area contributed by atoms with E-state index in [1.165, 1.54) is 0 Å². The summed E-state index contributed by atoms with van der Waals surface area (Å²) < 4.78 is 6.01. The summed E-state index contributed by atoms with van der Waals surface area (Å²) in [5, 5.41) is 4.08. The molecule has 0 fully saturated rings. The lowest BCUT2D eigenvalue weighted by atomic mass is 10.0. The lowest BCUT2D eigenvalue weighted by molar-refractivity contribution is 0.0939. The normalized spacial score (nSPS) is 12.0. The molecule has 1 atom stereocenters. The molecule has 0 radical (unpaired) electrons. The first kappa shape index (κ1) is 16.1. The molecule has 2 heterocycles. The third kappa shape index (κ3) is 3.22. The summed E-state index contributed by atoms with van der Waals surface area (Å²) in [5.74, 6) is 0.512. The predicted molar refractivity (Wildman–Crippen MR) is 101 cm³/mol. The van der Waals surface area contributed by atoms with E-state index < -0.39 is 0 Å². The van der Waals surface area contributed by atoms with Crippen LogP contribution in [0.15, 0.2) is 83.4 Å². The molecule has 26 heavy (non-hydrogen) atoms. The second-order valence-corrected chi connectivity index (χ2v) is 6.19. The van der Waals surface area contributed by atoms with Crippen LogP contribution in [-0.4, -0.2) is 10.9 Å². The first-order chi connectivity index (χ1) is 12.7. The number of furan rings is 1. The molecule has 0 aliphatic carbocycles. The molecule has 0 bridgehead atoms. The topological polar surface area (TPSA) is 55.1 Å². The van der Waals surface area contributed by atoms with Crippen molar-refractivity contribution >= 4 is 16.9 Å². The van der Waals surface area contributed by atoms with Crippen molar-refractivity contribution in [3.8, 4) is 0 Å². The molecule has 4 rings (SSSR count). The van der Waals surface area contributed by atoms with Gasteiger partial charge in [-0.2, -0.15) is 0 Å². The van der Waals surface area contributed by atoms with Gasteiger partial charge < -0.3 is 9.73 Å². The lowest BCUT2D eigenvalue weighted by Crippen LogP contribution is -2.29. The third-order valence-corrected chi connectivity index (χ3v) is 4.31. The Morgan fingerprint density at radius 3 is 2.50 bits per heavy atom. The smallest absolute Gasteiger partial charge is 0.253 e. The Bertz CT molecular complexity index is 1000. The molecule has 0 unspecified atom stereocenters. The van der Waals surface area contributed by atoms with E-state index in [4.69, 9.17) is 4.42 Å². The Morgan fingerprint density at radius 1 is 1.00 bits per heavy atom. The minimum atomic E-state index is -0.377. The molecule has 4 aromatic rings. The number of amides is 1. The Balaban J connectivity index is 1.71. The van der Waals surface area contributed by atoms with Gasteiger partial charge in [-0.1, -0.05) is 48.5 Å². The third-order valence-electron chi connectivity index (χ3n) is 4.31. The number of benzene rings is 2. The van der Waals surface area contributed by atoms with E-state index in [1.54, 1.807) is 12.3 Å². The standard InChI is InChI=1S/C22H18N2O2/c1-15-11-12-18(14-23-15)22(25)24-21(16-7-3-2-4-8-16)20-13-17-9-5-6-10-19(17)26-20/h2-14,21H,1H3,(H,24,25)/t21-/m0/s1. The summed E-state index contributed by atoms with van der Waals surface area (Å²) in [6, 6.07) is 22.8. The highest BCUT2D eigenvalue weighted by atomic mass is 16.3. The molecule has 4 nitrogen and oxygen atoms in total. The van der Waals surface area contributed by atoms with E-state index >= 15 is 0 Å². The SMILES string of the molecule is Cc1ccc(C(=O)N[C@@H](c2ccccc2)c2cc3ccccc3o2)cn1. The molecule has 1 N–H and O–H groups in total. The highest BCUT2D eigenvalue weighted by Crippen LogP contribution is 2.28. The molecule has 0 saturated heterocycles. The summed E-state index contributed by atoms with van der Waals surface area (Å²) in [7, 11) is 0. The van der Waals surface area contributed by atoms with Gasteiger partial charge in [0.25, 0.3) is 5.91 Å². The Morgan fingerprint density at radius 2 is 1.77 bits per heavy atom. The average molecular weight is 342 g/mol. The van der Waals surface area contributed by atoms with Crippen molar-refractivity contribution in [3.63, 3.8) is 0 Å². The number of nitrogens with zero attached hydrogens (tertiary/aromatic N) is 1. The number of rotatable bonds is 4. The van der Waals surface area contributed by atoms with Gasteiger partial charge in [0, 0.05) is 17.3 Å². The van der Waals surface area contributed by atoms with Gasteiger partial charge in [0.05, 0.1) is 5.56 Å². The van der Waals surface area contributed by atoms with Gasteiger partial charge in [0.2, 0.25) is 0 Å². The summed E-state index contributed by atoms with van der Waals surface area (Å²) in [4.78, 5) is 16.9. The number of hydrogen-bond acceptors (Lipinski definition) is 3. The summed E-state index contributed by atoms with van der Waals surface area (Å²) in [6.07, 6.45) is 1.59. The lowest BCUT2D eigenvalue weighted by Gasteiger charge is -2.17. The van der Waals surface area contributed by atoms with Crippen LogP contribution in [0.1, 0.15) is 33.4 Å². The molecule has 128 valence electrons. The fraction of sp³-hybridized carbons (Fsp3) is 0.0909. The Labute approximate surface area is 151 Å². The highest BCUT2D eigenvalue weighted by molar-refractivity contribution is 5.94. The van der Waals surface area contributed by atoms with Crippen LogP contribution in [0.5, 0.6) is 0 Å². The van der Waals surface area contributed by atoms with E-state index in [0.717, 1.165) is 22.2 Å². The fourth-order valence-electron chi connectivity index (χ4n) is 2.93. The maximum atomic E-state index is 12.7. The van der Waals surface area contributed by atoms with Gasteiger partial charge in [-0.05, 0) is 36.8 Å². The quantitative estimate of drug-likeness (QED) is 0.587. The van der Waals surface area contributed by atoms with Gasteiger partial charge in [-0.3, -0.25) is 9.78 Å². The van der Waals surface area contributed by atoms with Gasteiger partial charge in [-0.25, -0.2) is 0 Å². The number of hydrogen-bond donors (Lipinski definition) is 1. The molecule has 4 heteroatoms. The molecule has 2 aromatic heterocycles. The van der Waals surface area contributed by atoms with Gasteiger partial charge in [0.15, 0.2) is 0 Å². The van der Waals surface area contributed by atoms with Crippen molar-refractivity contribution in [3.05, 3.63) is 102 Å². The zero-order valence-corrected chi connectivity index (χ0v) is 14.3. The number of carbonyl (C=O) groups excluding carboxylic acids is 1. The van der Waals surface area contributed by atoms with Crippen LogP contribution in [-0.2, 0) is 0 Å². The fourth-order valence-corrected chi connectivity index (χ4v) is 2.93. The summed E-state index contributed by atoms with van der Waals surface area (Å²) in [6.45, 7) is 1.89. The van der Waals surface area contributed by atoms with E-state index in [2.05, 4.69) is 10.3 Å². The Hall–Kier alpha value is -3.40. The molecule has 2 aromatic carbocycles. The van der Waals surface area contributed by atoms with Crippen molar-refractivity contribution in [2.45, 2.75) is 13.0 Å². The van der Waals surface area contributed by atoms with Crippen molar-refractivity contribution in [2.75, 3.05) is 0 Å². The number of aromatic nitrogens is 1. The molecular weight excluding hydrogens is 324 g/mol. The van der Waals surface area contributed by atoms with E-state index in [-0.39, 0.29) is 11.9 Å². The number of fused-ring (bicyclic) bond motifs is 1. The molecule has 0 saturated carbocycles. The molecule has 1 amide bonds. The zero-order chi connectivity index (χ0) is 17.9. The molecular formula is C22H18N2O2. The average Bonchev–Trinajstić information content (AvgIpc) is 3.11. The predicted octanol–water partition coefficient (Wildman–Crippen LogP) is 4.66. The Kier molecular flexibility index (Phi) is 4.23. The highest BCUT2D eigenvalue weighted by Gasteiger charge is 2.21. The van der Waals surface area contributed by atoms with Crippen LogP contribution in [0, 0.1) is 6.92 Å². The number of aryl methyl sites for hydroxylation is 1. The van der Waals surface area contributed by atoms with Crippen LogP contribution in [0.3, 0.4) is 0 Å². The van der Waals surface area contributed by atoms with Crippen molar-refractivity contribution in [1.29, 1.82) is 0 Å². The zero-order valence-electron chi connectivity index (χ0n) is 14.3. The second kappa shape index (κ2) is 6.84. The van der Waals surface area contributed by atoms with E-state index in [1.807, 2.05) is 73.7 Å². The van der Waals surface area contributed by atoms with Crippen LogP contribution < -0.4 is 5.32 Å². The number of carbonyl (C=O) groups is 1. The largest absolute Gasteiger partial charge is 0.459 e. The van der Waals surface area contributed by atoms with Crippen LogP contribution in [0.4, 0.5) is 0 Å². The monoisotopic (exact) mass is 342 g/mol. The van der Waals surface area contributed by atoms with Crippen LogP contribution >= 0.6 is 0 Å². The molecule has 0 aliphatic rings. The van der Waals surface area contributed by atoms with E-state index in [9.17, 15) is 4.79 Å². The van der Waals surface area contributed by atoms with Gasteiger partial charge in [0.1, 0.15) is 17.4 Å². The second-order valence-electron chi connectivity index (χ2n) is 6.19. The maximum Gasteiger partial charge on any atom is 0.253 e. The number of pyridine rings is 1. The van der Waals surface area contributed by atoms with Crippen molar-refractivity contribution < 1.29 is 9.21 Å². The summed E-state index contributed by atoms with van der Waals surface area (Å²) in [5.41, 5.74) is 3.15.